The zero-order valence-corrected chi connectivity index (χ0v) is 9.11. The van der Waals surface area contributed by atoms with Crippen molar-refractivity contribution in [2.75, 3.05) is 13.1 Å². The van der Waals surface area contributed by atoms with Crippen LogP contribution in [-0.2, 0) is 4.79 Å². The third kappa shape index (κ3) is 2.31. The number of likely N-dealkylation sites (tertiary alicyclic amines) is 1. The van der Waals surface area contributed by atoms with Crippen LogP contribution in [0.5, 0.6) is 0 Å². The first-order chi connectivity index (χ1) is 7.31. The van der Waals surface area contributed by atoms with Gasteiger partial charge in [-0.2, -0.15) is 5.26 Å². The molecule has 0 unspecified atom stereocenters. The van der Waals surface area contributed by atoms with E-state index in [1.54, 1.807) is 0 Å². The van der Waals surface area contributed by atoms with Crippen molar-refractivity contribution < 1.29 is 4.79 Å². The van der Waals surface area contributed by atoms with Crippen LogP contribution in [0.25, 0.3) is 0 Å². The van der Waals surface area contributed by atoms with Crippen molar-refractivity contribution in [3.05, 3.63) is 0 Å². The molecule has 0 bridgehead atoms. The van der Waals surface area contributed by atoms with Gasteiger partial charge in [0.25, 0.3) is 0 Å². The fourth-order valence-electron chi connectivity index (χ4n) is 2.66. The summed E-state index contributed by atoms with van der Waals surface area (Å²) in [4.78, 5) is 14.0. The van der Waals surface area contributed by atoms with Crippen molar-refractivity contribution in [3.63, 3.8) is 0 Å². The quantitative estimate of drug-likeness (QED) is 0.658. The SMILES string of the molecule is N#CC1CCN(C(=O)C2CCCC2)CC1. The first kappa shape index (κ1) is 10.5. The van der Waals surface area contributed by atoms with Crippen LogP contribution >= 0.6 is 0 Å². The van der Waals surface area contributed by atoms with Gasteiger partial charge >= 0.3 is 0 Å². The van der Waals surface area contributed by atoms with Gasteiger partial charge in [0.05, 0.1) is 6.07 Å². The summed E-state index contributed by atoms with van der Waals surface area (Å²) in [6, 6.07) is 2.29. The van der Waals surface area contributed by atoms with Crippen LogP contribution in [0, 0.1) is 23.2 Å². The molecule has 82 valence electrons. The van der Waals surface area contributed by atoms with Gasteiger partial charge in [-0.15, -0.1) is 0 Å². The summed E-state index contributed by atoms with van der Waals surface area (Å²) < 4.78 is 0. The fraction of sp³-hybridized carbons (Fsp3) is 0.833. The van der Waals surface area contributed by atoms with E-state index in [2.05, 4.69) is 6.07 Å². The Labute approximate surface area is 91.1 Å². The minimum Gasteiger partial charge on any atom is -0.342 e. The number of nitriles is 1. The van der Waals surface area contributed by atoms with Crippen molar-refractivity contribution in [3.8, 4) is 6.07 Å². The Hall–Kier alpha value is -1.04. The second kappa shape index (κ2) is 4.65. The molecule has 1 amide bonds. The molecule has 0 aromatic carbocycles. The first-order valence-corrected chi connectivity index (χ1v) is 5.99. The molecular weight excluding hydrogens is 188 g/mol. The monoisotopic (exact) mass is 206 g/mol. The summed E-state index contributed by atoms with van der Waals surface area (Å²) in [5.41, 5.74) is 0. The zero-order chi connectivity index (χ0) is 10.7. The number of amides is 1. The molecule has 0 spiro atoms. The van der Waals surface area contributed by atoms with Crippen molar-refractivity contribution in [2.24, 2.45) is 11.8 Å². The average Bonchev–Trinajstić information content (AvgIpc) is 2.82. The van der Waals surface area contributed by atoms with Crippen LogP contribution in [0.3, 0.4) is 0 Å². The van der Waals surface area contributed by atoms with E-state index < -0.39 is 0 Å². The van der Waals surface area contributed by atoms with Crippen LogP contribution in [0.15, 0.2) is 0 Å². The maximum absolute atomic E-state index is 12.0. The van der Waals surface area contributed by atoms with Gasteiger partial charge < -0.3 is 4.90 Å². The highest BCUT2D eigenvalue weighted by atomic mass is 16.2. The Balaban J connectivity index is 1.84. The van der Waals surface area contributed by atoms with Crippen molar-refractivity contribution in [1.29, 1.82) is 5.26 Å². The van der Waals surface area contributed by atoms with Gasteiger partial charge in [-0.1, -0.05) is 12.8 Å². The lowest BCUT2D eigenvalue weighted by Gasteiger charge is -2.31. The van der Waals surface area contributed by atoms with Crippen LogP contribution in [-0.4, -0.2) is 23.9 Å². The van der Waals surface area contributed by atoms with Gasteiger partial charge in [0.15, 0.2) is 0 Å². The molecule has 2 rings (SSSR count). The molecule has 1 aliphatic heterocycles. The van der Waals surface area contributed by atoms with Gasteiger partial charge in [0, 0.05) is 24.9 Å². The Morgan fingerprint density at radius 3 is 2.27 bits per heavy atom. The second-order valence-electron chi connectivity index (χ2n) is 4.71. The molecule has 1 saturated carbocycles. The third-order valence-electron chi connectivity index (χ3n) is 3.69. The predicted octanol–water partition coefficient (Wildman–Crippen LogP) is 1.94. The normalized spacial score (nSPS) is 24.1. The van der Waals surface area contributed by atoms with Crippen LogP contribution < -0.4 is 0 Å². The molecule has 2 aliphatic rings. The number of nitrogens with zero attached hydrogens (tertiary/aromatic N) is 2. The molecule has 0 radical (unpaired) electrons. The number of hydrogen-bond donors (Lipinski definition) is 0. The Kier molecular flexibility index (Phi) is 3.25. The molecular formula is C12H18N2O. The highest BCUT2D eigenvalue weighted by Gasteiger charge is 2.29. The summed E-state index contributed by atoms with van der Waals surface area (Å²) >= 11 is 0. The van der Waals surface area contributed by atoms with Crippen LogP contribution in [0.1, 0.15) is 38.5 Å². The number of piperidine rings is 1. The maximum Gasteiger partial charge on any atom is 0.225 e. The Bertz CT molecular complexity index is 268. The molecule has 0 aromatic heterocycles. The minimum absolute atomic E-state index is 0.178. The zero-order valence-electron chi connectivity index (χ0n) is 9.11. The Morgan fingerprint density at radius 1 is 1.13 bits per heavy atom. The van der Waals surface area contributed by atoms with Crippen molar-refractivity contribution >= 4 is 5.91 Å². The number of hydrogen-bond acceptors (Lipinski definition) is 2. The van der Waals surface area contributed by atoms with E-state index >= 15 is 0 Å². The Morgan fingerprint density at radius 2 is 1.73 bits per heavy atom. The summed E-state index contributed by atoms with van der Waals surface area (Å²) in [6.45, 7) is 1.60. The molecule has 0 aromatic rings. The number of carbonyl (C=O) groups excluding carboxylic acids is 1. The van der Waals surface area contributed by atoms with Gasteiger partial charge in [-0.25, -0.2) is 0 Å². The van der Waals surface area contributed by atoms with Gasteiger partial charge in [0.2, 0.25) is 5.91 Å². The summed E-state index contributed by atoms with van der Waals surface area (Å²) in [5.74, 6) is 0.824. The lowest BCUT2D eigenvalue weighted by Crippen LogP contribution is -2.41. The molecule has 0 N–H and O–H groups in total. The lowest BCUT2D eigenvalue weighted by atomic mass is 9.97. The minimum atomic E-state index is 0.178. The molecule has 3 heteroatoms. The molecule has 1 aliphatic carbocycles. The molecule has 15 heavy (non-hydrogen) atoms. The van der Waals surface area contributed by atoms with Gasteiger partial charge in [-0.05, 0) is 25.7 Å². The summed E-state index contributed by atoms with van der Waals surface area (Å²) in [6.07, 6.45) is 6.33. The number of rotatable bonds is 1. The number of carbonyl (C=O) groups is 1. The van der Waals surface area contributed by atoms with E-state index in [4.69, 9.17) is 5.26 Å². The molecule has 3 nitrogen and oxygen atoms in total. The van der Waals surface area contributed by atoms with Gasteiger partial charge in [0.1, 0.15) is 0 Å². The fourth-order valence-corrected chi connectivity index (χ4v) is 2.66. The summed E-state index contributed by atoms with van der Waals surface area (Å²) in [5, 5.41) is 8.77. The van der Waals surface area contributed by atoms with Crippen LogP contribution in [0.4, 0.5) is 0 Å². The van der Waals surface area contributed by atoms with Gasteiger partial charge in [-0.3, -0.25) is 4.79 Å². The first-order valence-electron chi connectivity index (χ1n) is 5.99. The standard InChI is InChI=1S/C12H18N2O/c13-9-10-5-7-14(8-6-10)12(15)11-3-1-2-4-11/h10-11H,1-8H2. The smallest absolute Gasteiger partial charge is 0.225 e. The topological polar surface area (TPSA) is 44.1 Å². The average molecular weight is 206 g/mol. The molecule has 1 heterocycles. The van der Waals surface area contributed by atoms with Crippen molar-refractivity contribution in [1.82, 2.24) is 4.90 Å². The molecule has 1 saturated heterocycles. The van der Waals surface area contributed by atoms with E-state index in [9.17, 15) is 4.79 Å². The largest absolute Gasteiger partial charge is 0.342 e. The maximum atomic E-state index is 12.0. The van der Waals surface area contributed by atoms with E-state index in [-0.39, 0.29) is 5.92 Å². The third-order valence-corrected chi connectivity index (χ3v) is 3.69. The van der Waals surface area contributed by atoms with Crippen molar-refractivity contribution in [2.45, 2.75) is 38.5 Å². The lowest BCUT2D eigenvalue weighted by molar-refractivity contribution is -0.136. The second-order valence-corrected chi connectivity index (χ2v) is 4.71. The van der Waals surface area contributed by atoms with E-state index in [1.165, 1.54) is 12.8 Å². The molecule has 2 fully saturated rings. The van der Waals surface area contributed by atoms with E-state index in [1.807, 2.05) is 4.90 Å². The highest BCUT2D eigenvalue weighted by Crippen LogP contribution is 2.28. The predicted molar refractivity (Wildman–Crippen MR) is 56.9 cm³/mol. The highest BCUT2D eigenvalue weighted by molar-refractivity contribution is 5.79. The van der Waals surface area contributed by atoms with Crippen LogP contribution in [0.2, 0.25) is 0 Å². The van der Waals surface area contributed by atoms with E-state index in [0.29, 0.717) is 11.8 Å². The molecule has 0 atom stereocenters. The summed E-state index contributed by atoms with van der Waals surface area (Å²) in [7, 11) is 0. The van der Waals surface area contributed by atoms with E-state index in [0.717, 1.165) is 38.8 Å².